The number of rotatable bonds is 7. The number of halogens is 1. The lowest BCUT2D eigenvalue weighted by atomic mass is 9.78. The molecule has 2 fully saturated rings. The van der Waals surface area contributed by atoms with Gasteiger partial charge in [0.15, 0.2) is 5.82 Å². The zero-order valence-corrected chi connectivity index (χ0v) is 22.4. The second kappa shape index (κ2) is 10.1. The number of ether oxygens (including phenoxy) is 1. The van der Waals surface area contributed by atoms with Crippen LogP contribution in [0.4, 0.5) is 9.52 Å². The highest BCUT2D eigenvalue weighted by atomic mass is 32.1. The van der Waals surface area contributed by atoms with Gasteiger partial charge < -0.3 is 9.84 Å². The Morgan fingerprint density at radius 1 is 1.24 bits per heavy atom. The first-order valence-corrected chi connectivity index (χ1v) is 13.5. The summed E-state index contributed by atoms with van der Waals surface area (Å²) in [4.78, 5) is 21.6. The van der Waals surface area contributed by atoms with E-state index in [0.29, 0.717) is 34.1 Å². The van der Waals surface area contributed by atoms with Crippen molar-refractivity contribution in [3.63, 3.8) is 0 Å². The summed E-state index contributed by atoms with van der Waals surface area (Å²) in [7, 11) is 1.44. The van der Waals surface area contributed by atoms with Gasteiger partial charge >= 0.3 is 0 Å². The third kappa shape index (κ3) is 5.50. The Balaban J connectivity index is 1.29. The van der Waals surface area contributed by atoms with Crippen molar-refractivity contribution >= 4 is 22.4 Å². The maximum Gasteiger partial charge on any atom is 0.259 e. The normalized spacial score (nSPS) is 25.1. The minimum atomic E-state index is -0.543. The average Bonchev–Trinajstić information content (AvgIpc) is 3.47. The number of hydrogen-bond acceptors (Lipinski definition) is 8. The number of aliphatic hydroxyl groups is 1. The molecule has 0 aromatic carbocycles. The number of carbonyl (C=O) groups is 1. The maximum atomic E-state index is 15.2. The molecule has 0 bridgehead atoms. The number of amides is 1. The van der Waals surface area contributed by atoms with Crippen molar-refractivity contribution < 1.29 is 19.0 Å². The molecule has 0 saturated heterocycles. The Morgan fingerprint density at radius 3 is 2.73 bits per heavy atom. The number of carbonyl (C=O) groups excluding carboxylic acids is 1. The van der Waals surface area contributed by atoms with Gasteiger partial charge in [-0.3, -0.25) is 20.1 Å². The molecule has 2 aliphatic carbocycles. The number of aromatic nitrogens is 4. The van der Waals surface area contributed by atoms with E-state index in [1.807, 2.05) is 6.92 Å². The monoisotopic (exact) mass is 525 g/mol. The summed E-state index contributed by atoms with van der Waals surface area (Å²) < 4.78 is 20.5. The second-order valence-corrected chi connectivity index (χ2v) is 11.7. The standard InChI is InChI=1S/C27H32FN5O3S/c1-14-9-19(22-21(36-4)13-30-15(2)23(22)28)20(12-29-14)24(34)31-26-33-32-25(37-26)18-11-17(18)10-16-5-7-27(3,35)8-6-16/h9,12-13,16-18,35H,5-8,10-11H2,1-4H3,(H,31,33,34). The summed E-state index contributed by atoms with van der Waals surface area (Å²) >= 11 is 1.39. The van der Waals surface area contributed by atoms with Gasteiger partial charge in [-0.1, -0.05) is 11.3 Å². The predicted molar refractivity (Wildman–Crippen MR) is 139 cm³/mol. The number of aryl methyl sites for hydroxylation is 2. The molecule has 3 aromatic rings. The van der Waals surface area contributed by atoms with Gasteiger partial charge in [-0.15, -0.1) is 10.2 Å². The van der Waals surface area contributed by atoms with Crippen molar-refractivity contribution in [3.05, 3.63) is 46.2 Å². The first-order chi connectivity index (χ1) is 17.6. The summed E-state index contributed by atoms with van der Waals surface area (Å²) in [6, 6.07) is 1.67. The third-order valence-electron chi connectivity index (χ3n) is 7.65. The van der Waals surface area contributed by atoms with Crippen LogP contribution in [0.25, 0.3) is 11.1 Å². The zero-order valence-electron chi connectivity index (χ0n) is 21.5. The van der Waals surface area contributed by atoms with E-state index in [1.54, 1.807) is 19.9 Å². The fourth-order valence-electron chi connectivity index (χ4n) is 5.29. The Labute approximate surface area is 219 Å². The predicted octanol–water partition coefficient (Wildman–Crippen LogP) is 5.45. The number of nitrogens with zero attached hydrogens (tertiary/aromatic N) is 4. The maximum absolute atomic E-state index is 15.2. The molecule has 2 unspecified atom stereocenters. The highest BCUT2D eigenvalue weighted by molar-refractivity contribution is 7.15. The lowest BCUT2D eigenvalue weighted by molar-refractivity contribution is 0.00616. The van der Waals surface area contributed by atoms with E-state index in [4.69, 9.17) is 4.74 Å². The average molecular weight is 526 g/mol. The van der Waals surface area contributed by atoms with Gasteiger partial charge in [0, 0.05) is 23.4 Å². The van der Waals surface area contributed by atoms with Crippen LogP contribution in [-0.2, 0) is 0 Å². The SMILES string of the molecule is COc1cnc(C)c(F)c1-c1cc(C)ncc1C(=O)Nc1nnc(C2CC2CC2CCC(C)(O)CC2)s1. The van der Waals surface area contributed by atoms with Crippen LogP contribution in [0.3, 0.4) is 0 Å². The lowest BCUT2D eigenvalue weighted by Crippen LogP contribution is -2.30. The minimum Gasteiger partial charge on any atom is -0.494 e. The molecule has 10 heteroatoms. The summed E-state index contributed by atoms with van der Waals surface area (Å²) in [6.45, 7) is 5.28. The number of anilines is 1. The highest BCUT2D eigenvalue weighted by Gasteiger charge is 2.43. The Kier molecular flexibility index (Phi) is 6.97. The van der Waals surface area contributed by atoms with E-state index in [2.05, 4.69) is 25.5 Å². The van der Waals surface area contributed by atoms with Crippen molar-refractivity contribution in [3.8, 4) is 16.9 Å². The Morgan fingerprint density at radius 2 is 2.00 bits per heavy atom. The van der Waals surface area contributed by atoms with E-state index in [9.17, 15) is 9.90 Å². The fourth-order valence-corrected chi connectivity index (χ4v) is 6.24. The van der Waals surface area contributed by atoms with Gasteiger partial charge in [0.05, 0.1) is 35.7 Å². The summed E-state index contributed by atoms with van der Waals surface area (Å²) in [6.07, 6.45) is 9.01. The first-order valence-electron chi connectivity index (χ1n) is 12.7. The van der Waals surface area contributed by atoms with Gasteiger partial charge in [-0.05, 0) is 77.2 Å². The van der Waals surface area contributed by atoms with E-state index >= 15 is 4.39 Å². The van der Waals surface area contributed by atoms with Crippen LogP contribution in [0, 0.1) is 31.5 Å². The van der Waals surface area contributed by atoms with Crippen LogP contribution in [0.1, 0.15) is 78.1 Å². The van der Waals surface area contributed by atoms with Crippen molar-refractivity contribution in [2.45, 2.75) is 70.8 Å². The molecular formula is C27H32FN5O3S. The molecule has 37 heavy (non-hydrogen) atoms. The second-order valence-electron chi connectivity index (χ2n) is 10.7. The quantitative estimate of drug-likeness (QED) is 0.422. The van der Waals surface area contributed by atoms with Crippen LogP contribution < -0.4 is 10.1 Å². The van der Waals surface area contributed by atoms with Crippen molar-refractivity contribution in [2.24, 2.45) is 11.8 Å². The molecule has 2 N–H and O–H groups in total. The van der Waals surface area contributed by atoms with Gasteiger partial charge in [0.25, 0.3) is 5.91 Å². The molecule has 2 saturated carbocycles. The van der Waals surface area contributed by atoms with Gasteiger partial charge in [0.2, 0.25) is 5.13 Å². The molecule has 0 radical (unpaired) electrons. The molecule has 8 nitrogen and oxygen atoms in total. The Hall–Kier alpha value is -2.98. The molecule has 1 amide bonds. The zero-order chi connectivity index (χ0) is 26.3. The smallest absolute Gasteiger partial charge is 0.259 e. The fraction of sp³-hybridized carbons (Fsp3) is 0.519. The van der Waals surface area contributed by atoms with Gasteiger partial charge in [0.1, 0.15) is 10.8 Å². The van der Waals surface area contributed by atoms with Crippen molar-refractivity contribution in [2.75, 3.05) is 12.4 Å². The largest absolute Gasteiger partial charge is 0.494 e. The topological polar surface area (TPSA) is 110 Å². The summed E-state index contributed by atoms with van der Waals surface area (Å²) in [5, 5.41) is 22.9. The van der Waals surface area contributed by atoms with E-state index < -0.39 is 17.3 Å². The van der Waals surface area contributed by atoms with E-state index in [1.165, 1.54) is 30.8 Å². The molecule has 3 heterocycles. The van der Waals surface area contributed by atoms with Crippen LogP contribution in [0.2, 0.25) is 0 Å². The van der Waals surface area contributed by atoms with E-state index in [0.717, 1.165) is 43.5 Å². The van der Waals surface area contributed by atoms with Crippen LogP contribution >= 0.6 is 11.3 Å². The molecule has 0 spiro atoms. The number of hydrogen-bond donors (Lipinski definition) is 2. The van der Waals surface area contributed by atoms with Crippen molar-refractivity contribution in [1.82, 2.24) is 20.2 Å². The van der Waals surface area contributed by atoms with Crippen LogP contribution in [-0.4, -0.2) is 43.9 Å². The van der Waals surface area contributed by atoms with Gasteiger partial charge in [-0.25, -0.2) is 4.39 Å². The molecule has 196 valence electrons. The van der Waals surface area contributed by atoms with Gasteiger partial charge in [-0.2, -0.15) is 0 Å². The summed E-state index contributed by atoms with van der Waals surface area (Å²) in [5.41, 5.74) is 1.11. The molecule has 2 atom stereocenters. The number of pyridine rings is 2. The molecule has 2 aliphatic rings. The van der Waals surface area contributed by atoms with Crippen molar-refractivity contribution in [1.29, 1.82) is 0 Å². The molecular weight excluding hydrogens is 493 g/mol. The first kappa shape index (κ1) is 25.7. The third-order valence-corrected chi connectivity index (χ3v) is 8.62. The number of methoxy groups -OCH3 is 1. The van der Waals surface area contributed by atoms with Crippen LogP contribution in [0.5, 0.6) is 5.75 Å². The van der Waals surface area contributed by atoms with Crippen LogP contribution in [0.15, 0.2) is 18.5 Å². The molecule has 3 aromatic heterocycles. The highest BCUT2D eigenvalue weighted by Crippen LogP contribution is 2.53. The van der Waals surface area contributed by atoms with E-state index in [-0.39, 0.29) is 22.6 Å². The molecule has 5 rings (SSSR count). The Bertz CT molecular complexity index is 1320. The molecule has 0 aliphatic heterocycles. The number of nitrogens with one attached hydrogen (secondary N) is 1. The summed E-state index contributed by atoms with van der Waals surface area (Å²) in [5.74, 6) is 0.871. The lowest BCUT2D eigenvalue weighted by Gasteiger charge is -2.33. The minimum absolute atomic E-state index is 0.175.